The molecule has 1 atom stereocenters. The number of nitrogens with zero attached hydrogens (tertiary/aromatic N) is 1. The van der Waals surface area contributed by atoms with Crippen LogP contribution in [0, 0.1) is 0 Å². The lowest BCUT2D eigenvalue weighted by molar-refractivity contribution is -0.127. The summed E-state index contributed by atoms with van der Waals surface area (Å²) >= 11 is 23.8. The van der Waals surface area contributed by atoms with Crippen LogP contribution < -0.4 is 19.6 Å². The van der Waals surface area contributed by atoms with Crippen LogP contribution in [0.25, 0.3) is 0 Å². The summed E-state index contributed by atoms with van der Waals surface area (Å²) in [6.45, 7) is 1.51. The number of ether oxygens (including phenoxy) is 3. The summed E-state index contributed by atoms with van der Waals surface area (Å²) in [7, 11) is 0. The number of halogens is 4. The topological polar surface area (TPSA) is 103 Å². The van der Waals surface area contributed by atoms with Gasteiger partial charge in [0.25, 0.3) is 5.91 Å². The van der Waals surface area contributed by atoms with E-state index in [9.17, 15) is 14.4 Å². The second-order valence-electron chi connectivity index (χ2n) is 8.56. The third-order valence-electron chi connectivity index (χ3n) is 5.50. The van der Waals surface area contributed by atoms with Crippen molar-refractivity contribution in [1.82, 2.24) is 5.43 Å². The first kappa shape index (κ1) is 30.9. The van der Waals surface area contributed by atoms with Gasteiger partial charge < -0.3 is 14.2 Å². The van der Waals surface area contributed by atoms with E-state index in [1.807, 2.05) is 0 Å². The fourth-order valence-corrected chi connectivity index (χ4v) is 4.05. The SMILES string of the molecule is C[C@@H](Oc1ccc(Cl)cc1Cl)C(=O)N/N=C\c1ccc(OC(=O)c2ccc(Cl)cc2)cc1OC(=O)c1ccc(Cl)cc1. The van der Waals surface area contributed by atoms with Gasteiger partial charge in [-0.1, -0.05) is 46.4 Å². The molecule has 0 saturated carbocycles. The van der Waals surface area contributed by atoms with E-state index in [0.29, 0.717) is 20.6 Å². The van der Waals surface area contributed by atoms with Crippen molar-refractivity contribution < 1.29 is 28.6 Å². The van der Waals surface area contributed by atoms with E-state index in [2.05, 4.69) is 10.5 Å². The minimum absolute atomic E-state index is 0.00611. The number of esters is 2. The molecule has 0 heterocycles. The number of hydrazone groups is 1. The van der Waals surface area contributed by atoms with Crippen LogP contribution in [-0.2, 0) is 4.79 Å². The lowest BCUT2D eigenvalue weighted by Crippen LogP contribution is -2.33. The largest absolute Gasteiger partial charge is 0.479 e. The smallest absolute Gasteiger partial charge is 0.343 e. The summed E-state index contributed by atoms with van der Waals surface area (Å²) in [6.07, 6.45) is 0.299. The molecule has 4 aromatic carbocycles. The Hall–Kier alpha value is -4.08. The lowest BCUT2D eigenvalue weighted by atomic mass is 10.2. The second kappa shape index (κ2) is 14.2. The lowest BCUT2D eigenvalue weighted by Gasteiger charge is -2.14. The Morgan fingerprint density at radius 1 is 0.714 bits per heavy atom. The number of nitrogens with one attached hydrogen (secondary N) is 1. The van der Waals surface area contributed by atoms with Gasteiger partial charge in [-0.25, -0.2) is 15.0 Å². The minimum Gasteiger partial charge on any atom is -0.479 e. The van der Waals surface area contributed by atoms with Crippen LogP contribution in [0.5, 0.6) is 17.2 Å². The molecule has 4 aromatic rings. The van der Waals surface area contributed by atoms with E-state index in [-0.39, 0.29) is 33.4 Å². The number of hydrogen-bond donors (Lipinski definition) is 1. The van der Waals surface area contributed by atoms with Gasteiger partial charge in [0.05, 0.1) is 22.4 Å². The highest BCUT2D eigenvalue weighted by atomic mass is 35.5. The van der Waals surface area contributed by atoms with Gasteiger partial charge >= 0.3 is 11.9 Å². The van der Waals surface area contributed by atoms with Gasteiger partial charge in [0, 0.05) is 26.7 Å². The van der Waals surface area contributed by atoms with E-state index in [1.165, 1.54) is 61.7 Å². The van der Waals surface area contributed by atoms with E-state index in [4.69, 9.17) is 60.6 Å². The van der Waals surface area contributed by atoms with Crippen LogP contribution in [0.1, 0.15) is 33.2 Å². The number of benzene rings is 4. The molecule has 0 saturated heterocycles. The maximum absolute atomic E-state index is 12.8. The molecule has 4 rings (SSSR count). The van der Waals surface area contributed by atoms with Crippen molar-refractivity contribution in [2.45, 2.75) is 13.0 Å². The Morgan fingerprint density at radius 3 is 1.88 bits per heavy atom. The molecule has 1 N–H and O–H groups in total. The Bertz CT molecular complexity index is 1640. The Kier molecular flexibility index (Phi) is 10.4. The molecule has 42 heavy (non-hydrogen) atoms. The molecule has 0 bridgehead atoms. The third-order valence-corrected chi connectivity index (χ3v) is 6.54. The van der Waals surface area contributed by atoms with Crippen LogP contribution in [0.4, 0.5) is 0 Å². The zero-order valence-corrected chi connectivity index (χ0v) is 24.7. The summed E-state index contributed by atoms with van der Waals surface area (Å²) in [5, 5.41) is 5.53. The van der Waals surface area contributed by atoms with Crippen LogP contribution in [0.15, 0.2) is 90.0 Å². The molecule has 0 aliphatic rings. The van der Waals surface area contributed by atoms with Gasteiger partial charge in [-0.05, 0) is 85.8 Å². The minimum atomic E-state index is -0.960. The normalized spacial score (nSPS) is 11.5. The quantitative estimate of drug-likeness (QED) is 0.0868. The van der Waals surface area contributed by atoms with Crippen molar-refractivity contribution in [3.63, 3.8) is 0 Å². The fourth-order valence-electron chi connectivity index (χ4n) is 3.34. The fraction of sp³-hybridized carbons (Fsp3) is 0.0667. The first-order chi connectivity index (χ1) is 20.1. The zero-order valence-electron chi connectivity index (χ0n) is 21.6. The number of rotatable bonds is 9. The van der Waals surface area contributed by atoms with Crippen molar-refractivity contribution in [2.75, 3.05) is 0 Å². The van der Waals surface area contributed by atoms with Crippen molar-refractivity contribution >= 4 is 70.5 Å². The molecular weight excluding hydrogens is 626 g/mol. The summed E-state index contributed by atoms with van der Waals surface area (Å²) in [5.74, 6) is -1.56. The van der Waals surface area contributed by atoms with Crippen LogP contribution in [-0.4, -0.2) is 30.2 Å². The molecule has 0 spiro atoms. The van der Waals surface area contributed by atoms with Crippen molar-refractivity contribution in [3.05, 3.63) is 122 Å². The maximum Gasteiger partial charge on any atom is 0.343 e. The van der Waals surface area contributed by atoms with Crippen molar-refractivity contribution in [1.29, 1.82) is 0 Å². The Labute approximate surface area is 260 Å². The third kappa shape index (κ3) is 8.47. The summed E-state index contributed by atoms with van der Waals surface area (Å²) in [4.78, 5) is 38.0. The van der Waals surface area contributed by atoms with E-state index in [0.717, 1.165) is 0 Å². The number of carbonyl (C=O) groups is 3. The summed E-state index contributed by atoms with van der Waals surface area (Å²) in [6, 6.07) is 21.2. The van der Waals surface area contributed by atoms with Gasteiger partial charge in [-0.15, -0.1) is 0 Å². The maximum atomic E-state index is 12.8. The summed E-state index contributed by atoms with van der Waals surface area (Å²) < 4.78 is 16.6. The molecule has 0 aliphatic heterocycles. The van der Waals surface area contributed by atoms with Crippen LogP contribution in [0.3, 0.4) is 0 Å². The second-order valence-corrected chi connectivity index (χ2v) is 10.3. The molecule has 0 aliphatic carbocycles. The van der Waals surface area contributed by atoms with Gasteiger partial charge in [-0.3, -0.25) is 4.79 Å². The Morgan fingerprint density at radius 2 is 1.29 bits per heavy atom. The van der Waals surface area contributed by atoms with E-state index < -0.39 is 23.9 Å². The van der Waals surface area contributed by atoms with Crippen molar-refractivity contribution in [3.8, 4) is 17.2 Å². The first-order valence-corrected chi connectivity index (χ1v) is 13.6. The zero-order chi connectivity index (χ0) is 30.2. The molecule has 0 unspecified atom stereocenters. The van der Waals surface area contributed by atoms with Gasteiger partial charge in [0.2, 0.25) is 0 Å². The summed E-state index contributed by atoms with van der Waals surface area (Å²) in [5.41, 5.74) is 3.14. The van der Waals surface area contributed by atoms with Gasteiger partial charge in [-0.2, -0.15) is 5.10 Å². The van der Waals surface area contributed by atoms with Gasteiger partial charge in [0.15, 0.2) is 6.10 Å². The van der Waals surface area contributed by atoms with Crippen molar-refractivity contribution in [2.24, 2.45) is 5.10 Å². The first-order valence-electron chi connectivity index (χ1n) is 12.1. The van der Waals surface area contributed by atoms with E-state index >= 15 is 0 Å². The standard InChI is InChI=1S/C30H20Cl4N2O6/c1-17(40-26-13-11-23(33)14-25(26)34)28(37)36-35-16-20-6-12-24(41-29(38)18-2-7-21(31)8-3-18)15-27(20)42-30(39)19-4-9-22(32)10-5-19/h2-17H,1H3,(H,36,37)/b35-16-/t17-/m1/s1. The highest BCUT2D eigenvalue weighted by molar-refractivity contribution is 6.35. The number of amides is 1. The van der Waals surface area contributed by atoms with Gasteiger partial charge in [0.1, 0.15) is 17.2 Å². The van der Waals surface area contributed by atoms with Crippen LogP contribution in [0.2, 0.25) is 20.1 Å². The predicted octanol–water partition coefficient (Wildman–Crippen LogP) is 7.66. The number of carbonyl (C=O) groups excluding carboxylic acids is 3. The monoisotopic (exact) mass is 644 g/mol. The molecule has 8 nitrogen and oxygen atoms in total. The molecule has 0 radical (unpaired) electrons. The van der Waals surface area contributed by atoms with E-state index in [1.54, 1.807) is 36.4 Å². The highest BCUT2D eigenvalue weighted by Gasteiger charge is 2.17. The number of hydrogen-bond acceptors (Lipinski definition) is 7. The molecular formula is C30H20Cl4N2O6. The molecule has 12 heteroatoms. The molecule has 0 fully saturated rings. The average molecular weight is 646 g/mol. The highest BCUT2D eigenvalue weighted by Crippen LogP contribution is 2.29. The molecule has 1 amide bonds. The molecule has 0 aromatic heterocycles. The van der Waals surface area contributed by atoms with Crippen LogP contribution >= 0.6 is 46.4 Å². The predicted molar refractivity (Wildman–Crippen MR) is 162 cm³/mol. The average Bonchev–Trinajstić information content (AvgIpc) is 2.96. The molecule has 214 valence electrons. The Balaban J connectivity index is 1.51.